The number of halogens is 1. The van der Waals surface area contributed by atoms with Crippen LogP contribution in [0.3, 0.4) is 0 Å². The maximum absolute atomic E-state index is 13.8. The first kappa shape index (κ1) is 16.2. The number of benzene rings is 1. The van der Waals surface area contributed by atoms with E-state index in [0.717, 1.165) is 31.7 Å². The van der Waals surface area contributed by atoms with Gasteiger partial charge in [-0.3, -0.25) is 0 Å². The van der Waals surface area contributed by atoms with E-state index in [1.54, 1.807) is 7.05 Å². The lowest BCUT2D eigenvalue weighted by Gasteiger charge is -2.33. The molecule has 1 aromatic rings. The number of sulfonamides is 1. The Morgan fingerprint density at radius 3 is 2.57 bits per heavy atom. The van der Waals surface area contributed by atoms with Gasteiger partial charge in [-0.1, -0.05) is 19.8 Å². The molecule has 0 saturated heterocycles. The molecule has 0 spiro atoms. The zero-order valence-corrected chi connectivity index (χ0v) is 13.6. The van der Waals surface area contributed by atoms with Crippen molar-refractivity contribution in [2.75, 3.05) is 12.8 Å². The van der Waals surface area contributed by atoms with Gasteiger partial charge < -0.3 is 5.73 Å². The van der Waals surface area contributed by atoms with Crippen LogP contribution >= 0.6 is 0 Å². The van der Waals surface area contributed by atoms with Gasteiger partial charge in [-0.25, -0.2) is 12.8 Å². The van der Waals surface area contributed by atoms with Crippen LogP contribution in [0.5, 0.6) is 0 Å². The molecule has 0 radical (unpaired) electrons. The molecule has 2 rings (SSSR count). The van der Waals surface area contributed by atoms with Gasteiger partial charge in [-0.15, -0.1) is 0 Å². The highest BCUT2D eigenvalue weighted by atomic mass is 32.2. The van der Waals surface area contributed by atoms with Crippen LogP contribution in [0.4, 0.5) is 10.1 Å². The summed E-state index contributed by atoms with van der Waals surface area (Å²) in [6.45, 7) is 3.67. The fourth-order valence-electron chi connectivity index (χ4n) is 2.92. The molecule has 1 fully saturated rings. The van der Waals surface area contributed by atoms with Crippen molar-refractivity contribution >= 4 is 15.7 Å². The molecule has 0 heterocycles. The molecule has 118 valence electrons. The van der Waals surface area contributed by atoms with Crippen molar-refractivity contribution in [3.8, 4) is 0 Å². The van der Waals surface area contributed by atoms with Crippen LogP contribution in [-0.4, -0.2) is 25.8 Å². The lowest BCUT2D eigenvalue weighted by Crippen LogP contribution is -2.39. The molecule has 4 nitrogen and oxygen atoms in total. The fourth-order valence-corrected chi connectivity index (χ4v) is 4.36. The first-order chi connectivity index (χ1) is 9.73. The second kappa shape index (κ2) is 5.93. The van der Waals surface area contributed by atoms with Gasteiger partial charge in [-0.2, -0.15) is 4.31 Å². The van der Waals surface area contributed by atoms with Crippen LogP contribution in [0, 0.1) is 18.7 Å². The Morgan fingerprint density at radius 2 is 2.00 bits per heavy atom. The highest BCUT2D eigenvalue weighted by Crippen LogP contribution is 2.31. The lowest BCUT2D eigenvalue weighted by molar-refractivity contribution is 0.239. The van der Waals surface area contributed by atoms with Crippen LogP contribution in [-0.2, 0) is 10.0 Å². The minimum atomic E-state index is -3.71. The number of anilines is 1. The number of rotatable bonds is 3. The monoisotopic (exact) mass is 314 g/mol. The zero-order valence-electron chi connectivity index (χ0n) is 12.8. The predicted molar refractivity (Wildman–Crippen MR) is 81.9 cm³/mol. The average molecular weight is 314 g/mol. The molecule has 6 heteroatoms. The SMILES string of the molecule is Cc1c(N)cc(S(=O)(=O)N(C)C2CCCC(C)C2)cc1F. The van der Waals surface area contributed by atoms with Gasteiger partial charge in [0.05, 0.1) is 4.90 Å². The van der Waals surface area contributed by atoms with Gasteiger partial charge in [-0.05, 0) is 37.8 Å². The van der Waals surface area contributed by atoms with E-state index in [4.69, 9.17) is 5.73 Å². The molecule has 2 N–H and O–H groups in total. The van der Waals surface area contributed by atoms with Crippen molar-refractivity contribution in [3.63, 3.8) is 0 Å². The number of nitrogens with two attached hydrogens (primary N) is 1. The van der Waals surface area contributed by atoms with Crippen molar-refractivity contribution in [2.45, 2.75) is 50.5 Å². The van der Waals surface area contributed by atoms with E-state index in [1.165, 1.54) is 17.3 Å². The first-order valence-corrected chi connectivity index (χ1v) is 8.71. The Kier molecular flexibility index (Phi) is 4.58. The van der Waals surface area contributed by atoms with Crippen molar-refractivity contribution in [2.24, 2.45) is 5.92 Å². The Labute approximate surface area is 126 Å². The fraction of sp³-hybridized carbons (Fsp3) is 0.600. The second-order valence-electron chi connectivity index (χ2n) is 6.07. The third kappa shape index (κ3) is 3.21. The van der Waals surface area contributed by atoms with E-state index < -0.39 is 15.8 Å². The molecule has 1 saturated carbocycles. The summed E-state index contributed by atoms with van der Waals surface area (Å²) in [5.74, 6) is -0.0692. The molecular weight excluding hydrogens is 291 g/mol. The van der Waals surface area contributed by atoms with E-state index in [2.05, 4.69) is 6.92 Å². The predicted octanol–water partition coefficient (Wildman–Crippen LogP) is 2.92. The highest BCUT2D eigenvalue weighted by molar-refractivity contribution is 7.89. The summed E-state index contributed by atoms with van der Waals surface area (Å²) >= 11 is 0. The van der Waals surface area contributed by atoms with Crippen LogP contribution in [0.1, 0.15) is 38.2 Å². The van der Waals surface area contributed by atoms with Gasteiger partial charge in [0, 0.05) is 24.3 Å². The van der Waals surface area contributed by atoms with Gasteiger partial charge >= 0.3 is 0 Å². The van der Waals surface area contributed by atoms with Crippen LogP contribution in [0.2, 0.25) is 0 Å². The third-order valence-corrected chi connectivity index (χ3v) is 6.35. The number of hydrogen-bond acceptors (Lipinski definition) is 3. The number of hydrogen-bond donors (Lipinski definition) is 1. The number of nitrogen functional groups attached to an aromatic ring is 1. The van der Waals surface area contributed by atoms with Gasteiger partial charge in [0.2, 0.25) is 10.0 Å². The summed E-state index contributed by atoms with van der Waals surface area (Å²) < 4.78 is 40.5. The maximum Gasteiger partial charge on any atom is 0.243 e. The Morgan fingerprint density at radius 1 is 1.33 bits per heavy atom. The molecular formula is C15H23FN2O2S. The zero-order chi connectivity index (χ0) is 15.8. The first-order valence-electron chi connectivity index (χ1n) is 7.27. The smallest absolute Gasteiger partial charge is 0.243 e. The molecule has 0 aromatic heterocycles. The summed E-state index contributed by atoms with van der Waals surface area (Å²) in [6, 6.07) is 2.38. The van der Waals surface area contributed by atoms with E-state index in [0.29, 0.717) is 5.92 Å². The molecule has 2 atom stereocenters. The molecule has 1 aromatic carbocycles. The Hall–Kier alpha value is -1.14. The van der Waals surface area contributed by atoms with Gasteiger partial charge in [0.25, 0.3) is 0 Å². The summed E-state index contributed by atoms with van der Waals surface area (Å²) in [7, 11) is -2.14. The van der Waals surface area contributed by atoms with Crippen molar-refractivity contribution in [1.29, 1.82) is 0 Å². The molecule has 21 heavy (non-hydrogen) atoms. The second-order valence-corrected chi connectivity index (χ2v) is 8.06. The largest absolute Gasteiger partial charge is 0.398 e. The van der Waals surface area contributed by atoms with Crippen molar-refractivity contribution in [3.05, 3.63) is 23.5 Å². The van der Waals surface area contributed by atoms with Gasteiger partial charge in [0.1, 0.15) is 5.82 Å². The molecule has 1 aliphatic rings. The van der Waals surface area contributed by atoms with Crippen LogP contribution < -0.4 is 5.73 Å². The summed E-state index contributed by atoms with van der Waals surface area (Å²) in [5.41, 5.74) is 6.14. The van der Waals surface area contributed by atoms with Crippen molar-refractivity contribution in [1.82, 2.24) is 4.31 Å². The quantitative estimate of drug-likeness (QED) is 0.873. The molecule has 0 amide bonds. The van der Waals surface area contributed by atoms with E-state index in [9.17, 15) is 12.8 Å². The lowest BCUT2D eigenvalue weighted by atomic mass is 9.87. The minimum absolute atomic E-state index is 0.0238. The van der Waals surface area contributed by atoms with Crippen LogP contribution in [0.25, 0.3) is 0 Å². The average Bonchev–Trinajstić information content (AvgIpc) is 2.43. The maximum atomic E-state index is 13.8. The molecule has 0 bridgehead atoms. The molecule has 0 aliphatic heterocycles. The standard InChI is InChI=1S/C15H23FN2O2S/c1-10-5-4-6-12(7-10)18(3)21(19,20)13-8-14(16)11(2)15(17)9-13/h8-10,12H,4-7,17H2,1-3H3. The van der Waals surface area contributed by atoms with Crippen LogP contribution in [0.15, 0.2) is 17.0 Å². The summed E-state index contributed by atoms with van der Waals surface area (Å²) in [5, 5.41) is 0. The summed E-state index contributed by atoms with van der Waals surface area (Å²) in [4.78, 5) is -0.0659. The highest BCUT2D eigenvalue weighted by Gasteiger charge is 2.31. The van der Waals surface area contributed by atoms with Crippen molar-refractivity contribution < 1.29 is 12.8 Å². The van der Waals surface area contributed by atoms with E-state index >= 15 is 0 Å². The minimum Gasteiger partial charge on any atom is -0.398 e. The Balaban J connectivity index is 2.33. The van der Waals surface area contributed by atoms with E-state index in [1.807, 2.05) is 0 Å². The normalized spacial score (nSPS) is 23.5. The van der Waals surface area contributed by atoms with E-state index in [-0.39, 0.29) is 22.2 Å². The topological polar surface area (TPSA) is 63.4 Å². The Bertz CT molecular complexity index is 608. The number of nitrogens with zero attached hydrogens (tertiary/aromatic N) is 1. The van der Waals surface area contributed by atoms with Gasteiger partial charge in [0.15, 0.2) is 0 Å². The third-order valence-electron chi connectivity index (χ3n) is 4.46. The molecule has 2 unspecified atom stereocenters. The summed E-state index contributed by atoms with van der Waals surface area (Å²) in [6.07, 6.45) is 3.86. The molecule has 1 aliphatic carbocycles.